The predicted molar refractivity (Wildman–Crippen MR) is 99.9 cm³/mol. The Hall–Kier alpha value is -2.66. The van der Waals surface area contributed by atoms with Crippen LogP contribution >= 0.6 is 0 Å². The minimum Gasteiger partial charge on any atom is -0.433 e. The molecule has 0 amide bonds. The zero-order chi connectivity index (χ0) is 21.1. The van der Waals surface area contributed by atoms with Crippen molar-refractivity contribution >= 4 is 22.8 Å². The van der Waals surface area contributed by atoms with E-state index in [4.69, 9.17) is 0 Å². The molecule has 11 heteroatoms. The molecule has 0 aromatic heterocycles. The van der Waals surface area contributed by atoms with Crippen LogP contribution in [0.2, 0.25) is 0 Å². The summed E-state index contributed by atoms with van der Waals surface area (Å²) in [6, 6.07) is 7.75. The van der Waals surface area contributed by atoms with Crippen molar-refractivity contribution in [2.45, 2.75) is 24.3 Å². The van der Waals surface area contributed by atoms with Gasteiger partial charge in [0.1, 0.15) is 0 Å². The van der Waals surface area contributed by atoms with Crippen molar-refractivity contribution < 1.29 is 26.3 Å². The van der Waals surface area contributed by atoms with E-state index in [-0.39, 0.29) is 12.0 Å². The SMILES string of the molecule is C=CCC(c1cccc([N+](=O)[O-])c1)N([B-](F)(F)F)S(=O)(=O)c1ccc(C)cc1. The fraction of sp³-hybridized carbons (Fsp3) is 0.176. The molecule has 6 nitrogen and oxygen atoms in total. The van der Waals surface area contributed by atoms with Crippen molar-refractivity contribution in [2.75, 3.05) is 0 Å². The molecule has 0 N–H and O–H groups in total. The molecule has 0 aliphatic rings. The van der Waals surface area contributed by atoms with E-state index >= 15 is 0 Å². The summed E-state index contributed by atoms with van der Waals surface area (Å²) in [4.78, 5) is 9.71. The van der Waals surface area contributed by atoms with Gasteiger partial charge in [-0.3, -0.25) is 14.3 Å². The number of hydrogen-bond acceptors (Lipinski definition) is 4. The first-order chi connectivity index (χ1) is 13.0. The van der Waals surface area contributed by atoms with E-state index in [2.05, 4.69) is 6.58 Å². The van der Waals surface area contributed by atoms with Gasteiger partial charge in [-0.1, -0.05) is 35.9 Å². The number of sulfonamides is 1. The van der Waals surface area contributed by atoms with E-state index in [1.54, 1.807) is 6.92 Å². The Morgan fingerprint density at radius 2 is 1.82 bits per heavy atom. The molecule has 0 aliphatic carbocycles. The Morgan fingerprint density at radius 1 is 1.21 bits per heavy atom. The number of hydrogen-bond donors (Lipinski definition) is 0. The second-order valence-corrected chi connectivity index (χ2v) is 7.92. The molecule has 0 aliphatic heterocycles. The number of aryl methyl sites for hydroxylation is 1. The molecule has 2 aromatic rings. The van der Waals surface area contributed by atoms with Gasteiger partial charge < -0.3 is 12.9 Å². The lowest BCUT2D eigenvalue weighted by Gasteiger charge is -2.38. The number of nitrogens with zero attached hydrogens (tertiary/aromatic N) is 2. The third-order valence-electron chi connectivity index (χ3n) is 4.05. The van der Waals surface area contributed by atoms with Crippen LogP contribution in [0.25, 0.3) is 0 Å². The molecule has 2 aromatic carbocycles. The average molecular weight is 413 g/mol. The van der Waals surface area contributed by atoms with Crippen LogP contribution < -0.4 is 0 Å². The van der Waals surface area contributed by atoms with Crippen LogP contribution in [0.15, 0.2) is 66.1 Å². The van der Waals surface area contributed by atoms with Gasteiger partial charge in [-0.25, -0.2) is 8.42 Å². The van der Waals surface area contributed by atoms with Crippen LogP contribution in [-0.2, 0) is 10.0 Å². The Bertz CT molecular complexity index is 979. The van der Waals surface area contributed by atoms with Crippen LogP contribution in [0.1, 0.15) is 23.6 Å². The maximum absolute atomic E-state index is 13.9. The normalized spacial score (nSPS) is 13.3. The molecular formula is C17H17BF3N2O4S-. The lowest BCUT2D eigenvalue weighted by molar-refractivity contribution is -0.384. The van der Waals surface area contributed by atoms with Crippen LogP contribution in [0.3, 0.4) is 0 Å². The highest BCUT2D eigenvalue weighted by Gasteiger charge is 2.46. The number of benzene rings is 2. The first-order valence-corrected chi connectivity index (χ1v) is 9.58. The zero-order valence-corrected chi connectivity index (χ0v) is 15.7. The molecule has 0 heterocycles. The van der Waals surface area contributed by atoms with Gasteiger partial charge in [-0.05, 0) is 31.0 Å². The molecule has 2 rings (SSSR count). The molecule has 0 bridgehead atoms. The lowest BCUT2D eigenvalue weighted by Crippen LogP contribution is -2.49. The highest BCUT2D eigenvalue weighted by Crippen LogP contribution is 2.38. The first-order valence-electron chi connectivity index (χ1n) is 8.14. The number of nitro groups is 1. The quantitative estimate of drug-likeness (QED) is 0.275. The molecular weight excluding hydrogens is 396 g/mol. The highest BCUT2D eigenvalue weighted by atomic mass is 32.2. The van der Waals surface area contributed by atoms with Crippen LogP contribution in [0, 0.1) is 17.0 Å². The molecule has 1 unspecified atom stereocenters. The smallest absolute Gasteiger partial charge is 0.433 e. The van der Waals surface area contributed by atoms with Gasteiger partial charge in [0.2, 0.25) is 10.0 Å². The van der Waals surface area contributed by atoms with Crippen LogP contribution in [0.4, 0.5) is 18.6 Å². The third-order valence-corrected chi connectivity index (χ3v) is 5.96. The maximum atomic E-state index is 13.9. The first kappa shape index (κ1) is 21.6. The molecule has 0 fully saturated rings. The van der Waals surface area contributed by atoms with Gasteiger partial charge in [0.05, 0.1) is 9.82 Å². The summed E-state index contributed by atoms with van der Waals surface area (Å²) < 4.78 is 67.0. The monoisotopic (exact) mass is 413 g/mol. The number of non-ortho nitro benzene ring substituents is 1. The number of nitro benzene ring substituents is 1. The standard InChI is InChI=1S/C17H17BF3N2O4S/c1-3-5-17(14-6-4-7-15(12-14)23(24)25)22(18(19,20)21)28(26,27)16-10-8-13(2)9-11-16/h3-4,6-12,17H,1,5H2,2H3/q-1. The summed E-state index contributed by atoms with van der Waals surface area (Å²) in [5.74, 6) is 0. The van der Waals surface area contributed by atoms with E-state index in [1.807, 2.05) is 0 Å². The van der Waals surface area contributed by atoms with Crippen molar-refractivity contribution in [1.82, 2.24) is 4.22 Å². The summed E-state index contributed by atoms with van der Waals surface area (Å²) in [5, 5.41) is 11.0. The molecule has 1 atom stereocenters. The van der Waals surface area contributed by atoms with E-state index in [9.17, 15) is 31.5 Å². The lowest BCUT2D eigenvalue weighted by atomic mass is 9.97. The zero-order valence-electron chi connectivity index (χ0n) is 14.8. The van der Waals surface area contributed by atoms with Gasteiger partial charge in [-0.2, -0.15) is 0 Å². The van der Waals surface area contributed by atoms with Gasteiger partial charge in [-0.15, -0.1) is 6.58 Å². The van der Waals surface area contributed by atoms with Crippen LogP contribution in [0.5, 0.6) is 0 Å². The summed E-state index contributed by atoms with van der Waals surface area (Å²) in [7, 11) is -11.0. The molecule has 0 spiro atoms. The summed E-state index contributed by atoms with van der Waals surface area (Å²) in [6.45, 7) is 5.07. The molecule has 0 saturated carbocycles. The van der Waals surface area contributed by atoms with Crippen molar-refractivity contribution in [3.05, 3.63) is 82.4 Å². The van der Waals surface area contributed by atoms with Gasteiger partial charge in [0.25, 0.3) is 5.69 Å². The molecule has 0 radical (unpaired) electrons. The second-order valence-electron chi connectivity index (χ2n) is 6.08. The molecule has 150 valence electrons. The predicted octanol–water partition coefficient (Wildman–Crippen LogP) is 4.56. The van der Waals surface area contributed by atoms with Gasteiger partial charge >= 0.3 is 7.11 Å². The fourth-order valence-electron chi connectivity index (χ4n) is 2.75. The summed E-state index contributed by atoms with van der Waals surface area (Å²) in [5.41, 5.74) is 0.0993. The highest BCUT2D eigenvalue weighted by molar-refractivity contribution is 7.90. The largest absolute Gasteiger partial charge is 0.581 e. The number of rotatable bonds is 8. The Balaban J connectivity index is 2.67. The van der Waals surface area contributed by atoms with E-state index in [0.29, 0.717) is 5.56 Å². The van der Waals surface area contributed by atoms with Crippen molar-refractivity contribution in [3.8, 4) is 0 Å². The van der Waals surface area contributed by atoms with Crippen LogP contribution in [-0.4, -0.2) is 24.7 Å². The van der Waals surface area contributed by atoms with Gasteiger partial charge in [0, 0.05) is 18.2 Å². The van der Waals surface area contributed by atoms with E-state index < -0.39 is 42.9 Å². The van der Waals surface area contributed by atoms with E-state index in [0.717, 1.165) is 30.3 Å². The van der Waals surface area contributed by atoms with Gasteiger partial charge in [0.15, 0.2) is 0 Å². The minimum absolute atomic E-state index is 0.149. The Morgan fingerprint density at radius 3 is 2.32 bits per heavy atom. The van der Waals surface area contributed by atoms with Crippen molar-refractivity contribution in [3.63, 3.8) is 0 Å². The Kier molecular flexibility index (Phi) is 6.30. The van der Waals surface area contributed by atoms with Crippen molar-refractivity contribution in [2.24, 2.45) is 0 Å². The summed E-state index contributed by atoms with van der Waals surface area (Å²) in [6.07, 6.45) is 0.760. The van der Waals surface area contributed by atoms with E-state index in [1.165, 1.54) is 24.3 Å². The second kappa shape index (κ2) is 8.15. The molecule has 28 heavy (non-hydrogen) atoms. The third kappa shape index (κ3) is 4.60. The maximum Gasteiger partial charge on any atom is 0.581 e. The fourth-order valence-corrected chi connectivity index (χ4v) is 4.33. The minimum atomic E-state index is -6.01. The average Bonchev–Trinajstić information content (AvgIpc) is 2.60. The number of halogens is 3. The topological polar surface area (TPSA) is 80.5 Å². The molecule has 0 saturated heterocycles. The van der Waals surface area contributed by atoms with Crippen molar-refractivity contribution in [1.29, 1.82) is 0 Å². The summed E-state index contributed by atoms with van der Waals surface area (Å²) >= 11 is 0. The Labute approximate surface area is 160 Å².